The van der Waals surface area contributed by atoms with E-state index in [1.165, 1.54) is 6.20 Å². The largest absolute Gasteiger partial charge is 0.451 e. The smallest absolute Gasteiger partial charge is 0.356 e. The van der Waals surface area contributed by atoms with Crippen LogP contribution in [0.2, 0.25) is 0 Å². The van der Waals surface area contributed by atoms with Gasteiger partial charge in [0.25, 0.3) is 0 Å². The van der Waals surface area contributed by atoms with Crippen molar-refractivity contribution in [3.05, 3.63) is 17.6 Å². The zero-order valence-corrected chi connectivity index (χ0v) is 8.17. The Balaban J connectivity index is 2.36. The third-order valence-electron chi connectivity index (χ3n) is 2.35. The molecule has 0 spiro atoms. The fraction of sp³-hybridized carbons (Fsp3) is 0.556. The molecule has 1 aliphatic rings. The third-order valence-corrected chi connectivity index (χ3v) is 2.35. The van der Waals surface area contributed by atoms with Crippen molar-refractivity contribution in [2.45, 2.75) is 19.5 Å². The third kappa shape index (κ3) is 1.88. The van der Waals surface area contributed by atoms with Crippen molar-refractivity contribution in [1.82, 2.24) is 9.97 Å². The Morgan fingerprint density at radius 3 is 2.47 bits per heavy atom. The molecule has 15 heavy (non-hydrogen) atoms. The van der Waals surface area contributed by atoms with Gasteiger partial charge in [0.2, 0.25) is 5.82 Å². The van der Waals surface area contributed by atoms with Crippen LogP contribution in [-0.2, 0) is 6.18 Å². The van der Waals surface area contributed by atoms with E-state index >= 15 is 0 Å². The van der Waals surface area contributed by atoms with Crippen molar-refractivity contribution in [3.8, 4) is 0 Å². The molecular formula is C9H10F3N3. The summed E-state index contributed by atoms with van der Waals surface area (Å²) in [6, 6.07) is 0. The average Bonchev–Trinajstić information content (AvgIpc) is 2.03. The second-order valence-corrected chi connectivity index (χ2v) is 3.54. The number of nitrogens with zero attached hydrogens (tertiary/aromatic N) is 3. The van der Waals surface area contributed by atoms with Gasteiger partial charge in [-0.3, -0.25) is 0 Å². The lowest BCUT2D eigenvalue weighted by Gasteiger charge is -2.33. The Morgan fingerprint density at radius 1 is 1.33 bits per heavy atom. The Bertz CT molecular complexity index is 371. The van der Waals surface area contributed by atoms with E-state index in [-0.39, 0.29) is 0 Å². The molecule has 1 aromatic rings. The van der Waals surface area contributed by atoms with Crippen molar-refractivity contribution in [3.63, 3.8) is 0 Å². The topological polar surface area (TPSA) is 29.0 Å². The Hall–Kier alpha value is -1.33. The molecule has 82 valence electrons. The fourth-order valence-corrected chi connectivity index (χ4v) is 1.42. The summed E-state index contributed by atoms with van der Waals surface area (Å²) in [6.45, 7) is 3.26. The summed E-state index contributed by atoms with van der Waals surface area (Å²) in [5.41, 5.74) is 0.683. The standard InChI is InChI=1S/C9H10F3N3/c1-6-5-13-8(9(10,11)12)14-7(6)15-3-2-4-15/h5H,2-4H2,1H3. The summed E-state index contributed by atoms with van der Waals surface area (Å²) >= 11 is 0. The molecule has 0 unspecified atom stereocenters. The first-order valence-corrected chi connectivity index (χ1v) is 4.64. The zero-order chi connectivity index (χ0) is 11.1. The molecule has 0 atom stereocenters. The molecule has 1 aliphatic heterocycles. The predicted molar refractivity (Wildman–Crippen MR) is 48.6 cm³/mol. The first-order chi connectivity index (χ1) is 6.98. The molecule has 0 amide bonds. The summed E-state index contributed by atoms with van der Waals surface area (Å²) < 4.78 is 37.0. The molecule has 0 bridgehead atoms. The number of alkyl halides is 3. The second-order valence-electron chi connectivity index (χ2n) is 3.54. The van der Waals surface area contributed by atoms with Crippen LogP contribution < -0.4 is 4.90 Å². The summed E-state index contributed by atoms with van der Waals surface area (Å²) in [5, 5.41) is 0. The summed E-state index contributed by atoms with van der Waals surface area (Å²) in [6.07, 6.45) is -2.23. The van der Waals surface area contributed by atoms with Gasteiger partial charge in [-0.2, -0.15) is 13.2 Å². The van der Waals surface area contributed by atoms with Crippen LogP contribution >= 0.6 is 0 Å². The Morgan fingerprint density at radius 2 is 2.00 bits per heavy atom. The molecule has 3 nitrogen and oxygen atoms in total. The minimum Gasteiger partial charge on any atom is -0.356 e. The molecule has 0 saturated carbocycles. The van der Waals surface area contributed by atoms with Crippen LogP contribution in [-0.4, -0.2) is 23.1 Å². The van der Waals surface area contributed by atoms with Gasteiger partial charge in [-0.15, -0.1) is 0 Å². The van der Waals surface area contributed by atoms with Crippen molar-refractivity contribution in [2.75, 3.05) is 18.0 Å². The van der Waals surface area contributed by atoms with E-state index in [1.54, 1.807) is 6.92 Å². The highest BCUT2D eigenvalue weighted by atomic mass is 19.4. The SMILES string of the molecule is Cc1cnc(C(F)(F)F)nc1N1CCC1. The van der Waals surface area contributed by atoms with Gasteiger partial charge < -0.3 is 4.90 Å². The van der Waals surface area contributed by atoms with E-state index in [1.807, 2.05) is 4.90 Å². The Labute approximate surface area is 84.9 Å². The molecule has 0 aliphatic carbocycles. The van der Waals surface area contributed by atoms with E-state index in [9.17, 15) is 13.2 Å². The zero-order valence-electron chi connectivity index (χ0n) is 8.17. The Kier molecular flexibility index (Phi) is 2.28. The van der Waals surface area contributed by atoms with Crippen LogP contribution in [0.15, 0.2) is 6.20 Å². The lowest BCUT2D eigenvalue weighted by atomic mass is 10.2. The molecule has 0 aromatic carbocycles. The normalized spacial score (nSPS) is 16.4. The van der Waals surface area contributed by atoms with E-state index in [0.29, 0.717) is 11.4 Å². The van der Waals surface area contributed by atoms with Gasteiger partial charge in [0.1, 0.15) is 5.82 Å². The number of halogens is 3. The van der Waals surface area contributed by atoms with Crippen LogP contribution in [0.3, 0.4) is 0 Å². The van der Waals surface area contributed by atoms with E-state index in [0.717, 1.165) is 19.5 Å². The minimum absolute atomic E-state index is 0.406. The second kappa shape index (κ2) is 3.36. The maximum atomic E-state index is 12.3. The monoisotopic (exact) mass is 217 g/mol. The van der Waals surface area contributed by atoms with Gasteiger partial charge in [0.15, 0.2) is 0 Å². The summed E-state index contributed by atoms with van der Waals surface area (Å²) in [7, 11) is 0. The maximum absolute atomic E-state index is 12.3. The lowest BCUT2D eigenvalue weighted by molar-refractivity contribution is -0.144. The summed E-state index contributed by atoms with van der Waals surface area (Å²) in [4.78, 5) is 8.67. The van der Waals surface area contributed by atoms with Gasteiger partial charge in [0, 0.05) is 24.8 Å². The van der Waals surface area contributed by atoms with Gasteiger partial charge >= 0.3 is 6.18 Å². The van der Waals surface area contributed by atoms with E-state index < -0.39 is 12.0 Å². The number of aromatic nitrogens is 2. The van der Waals surface area contributed by atoms with Crippen LogP contribution in [0.5, 0.6) is 0 Å². The van der Waals surface area contributed by atoms with E-state index in [2.05, 4.69) is 9.97 Å². The van der Waals surface area contributed by atoms with Crippen molar-refractivity contribution in [2.24, 2.45) is 0 Å². The number of hydrogen-bond acceptors (Lipinski definition) is 3. The highest BCUT2D eigenvalue weighted by Gasteiger charge is 2.35. The number of hydrogen-bond donors (Lipinski definition) is 0. The van der Waals surface area contributed by atoms with Crippen molar-refractivity contribution in [1.29, 1.82) is 0 Å². The molecule has 2 heterocycles. The number of rotatable bonds is 1. The number of anilines is 1. The fourth-order valence-electron chi connectivity index (χ4n) is 1.42. The minimum atomic E-state index is -4.46. The molecule has 1 saturated heterocycles. The van der Waals surface area contributed by atoms with Gasteiger partial charge in [0.05, 0.1) is 0 Å². The quantitative estimate of drug-likeness (QED) is 0.720. The van der Waals surface area contributed by atoms with Gasteiger partial charge in [-0.25, -0.2) is 9.97 Å². The first-order valence-electron chi connectivity index (χ1n) is 4.64. The maximum Gasteiger partial charge on any atom is 0.451 e. The highest BCUT2D eigenvalue weighted by Crippen LogP contribution is 2.29. The molecular weight excluding hydrogens is 207 g/mol. The molecule has 0 N–H and O–H groups in total. The van der Waals surface area contributed by atoms with Crippen LogP contribution in [0.25, 0.3) is 0 Å². The summed E-state index contributed by atoms with van der Waals surface area (Å²) in [5.74, 6) is -0.654. The lowest BCUT2D eigenvalue weighted by Crippen LogP contribution is -2.38. The highest BCUT2D eigenvalue weighted by molar-refractivity contribution is 5.47. The predicted octanol–water partition coefficient (Wildman–Crippen LogP) is 2.01. The molecule has 6 heteroatoms. The first kappa shape index (κ1) is 10.2. The molecule has 1 fully saturated rings. The van der Waals surface area contributed by atoms with Crippen molar-refractivity contribution >= 4 is 5.82 Å². The van der Waals surface area contributed by atoms with Crippen LogP contribution in [0.4, 0.5) is 19.0 Å². The van der Waals surface area contributed by atoms with Crippen LogP contribution in [0, 0.1) is 6.92 Å². The number of aryl methyl sites for hydroxylation is 1. The van der Waals surface area contributed by atoms with Gasteiger partial charge in [-0.1, -0.05) is 0 Å². The van der Waals surface area contributed by atoms with Gasteiger partial charge in [-0.05, 0) is 13.3 Å². The molecule has 0 radical (unpaired) electrons. The van der Waals surface area contributed by atoms with Crippen molar-refractivity contribution < 1.29 is 13.2 Å². The molecule has 2 rings (SSSR count). The molecule has 1 aromatic heterocycles. The van der Waals surface area contributed by atoms with E-state index in [4.69, 9.17) is 0 Å². The van der Waals surface area contributed by atoms with Crippen LogP contribution in [0.1, 0.15) is 17.8 Å². The average molecular weight is 217 g/mol.